The number of rotatable bonds is 6. The standard InChI is InChI=1S/C25H24N2O2/c1-26-12-13-27(17-26)14-15-29-23(28)11-10-20-16-21-6-2-4-18-8-9-19-5-3-7-22(20)25(19)24(18)21/h2-9,12-13,16H,10-11,14-15,17H2,1H3. The fourth-order valence-corrected chi connectivity index (χ4v) is 4.36. The average Bonchev–Trinajstić information content (AvgIpc) is 3.15. The second-order valence-corrected chi connectivity index (χ2v) is 7.81. The van der Waals surface area contributed by atoms with Crippen LogP contribution in [0.1, 0.15) is 12.0 Å². The van der Waals surface area contributed by atoms with Gasteiger partial charge in [0.1, 0.15) is 6.61 Å². The number of aryl methyl sites for hydroxylation is 1. The Balaban J connectivity index is 1.32. The molecule has 29 heavy (non-hydrogen) atoms. The third kappa shape index (κ3) is 3.35. The summed E-state index contributed by atoms with van der Waals surface area (Å²) in [6, 6.07) is 19.5. The van der Waals surface area contributed by atoms with Crippen LogP contribution in [-0.4, -0.2) is 42.6 Å². The highest BCUT2D eigenvalue weighted by atomic mass is 16.5. The number of nitrogens with zero attached hydrogens (tertiary/aromatic N) is 2. The maximum atomic E-state index is 12.3. The van der Waals surface area contributed by atoms with E-state index >= 15 is 0 Å². The highest BCUT2D eigenvalue weighted by molar-refractivity contribution is 6.23. The second-order valence-electron chi connectivity index (χ2n) is 7.81. The molecule has 0 N–H and O–H groups in total. The van der Waals surface area contributed by atoms with Gasteiger partial charge in [0.25, 0.3) is 0 Å². The Morgan fingerprint density at radius 2 is 1.72 bits per heavy atom. The molecule has 1 aliphatic heterocycles. The number of ether oxygens (including phenoxy) is 1. The van der Waals surface area contributed by atoms with Gasteiger partial charge in [0.2, 0.25) is 0 Å². The van der Waals surface area contributed by atoms with Gasteiger partial charge in [0.15, 0.2) is 0 Å². The van der Waals surface area contributed by atoms with Crippen LogP contribution < -0.4 is 0 Å². The quantitative estimate of drug-likeness (QED) is 0.355. The van der Waals surface area contributed by atoms with Crippen molar-refractivity contribution in [1.82, 2.24) is 9.80 Å². The molecule has 0 saturated carbocycles. The number of esters is 1. The molecule has 1 heterocycles. The minimum absolute atomic E-state index is 0.133. The minimum atomic E-state index is -0.133. The molecular weight excluding hydrogens is 360 g/mol. The summed E-state index contributed by atoms with van der Waals surface area (Å²) in [6.45, 7) is 2.00. The van der Waals surface area contributed by atoms with E-state index in [2.05, 4.69) is 64.4 Å². The summed E-state index contributed by atoms with van der Waals surface area (Å²) >= 11 is 0. The zero-order valence-corrected chi connectivity index (χ0v) is 16.6. The monoisotopic (exact) mass is 384 g/mol. The van der Waals surface area contributed by atoms with Crippen LogP contribution in [0.3, 0.4) is 0 Å². The van der Waals surface area contributed by atoms with Crippen LogP contribution in [0.25, 0.3) is 32.3 Å². The van der Waals surface area contributed by atoms with Crippen LogP contribution in [-0.2, 0) is 16.0 Å². The molecule has 0 atom stereocenters. The van der Waals surface area contributed by atoms with Gasteiger partial charge in [-0.05, 0) is 44.3 Å². The predicted octanol–water partition coefficient (Wildman–Crippen LogP) is 4.74. The Morgan fingerprint density at radius 1 is 0.966 bits per heavy atom. The number of hydrogen-bond acceptors (Lipinski definition) is 4. The molecule has 0 bridgehead atoms. The highest BCUT2D eigenvalue weighted by Crippen LogP contribution is 2.36. The SMILES string of the molecule is CN1C=CN(CCOC(=O)CCc2cc3cccc4ccc5cccc2c5c43)C1. The number of hydrogen-bond donors (Lipinski definition) is 0. The molecule has 0 fully saturated rings. The molecule has 0 amide bonds. The number of carbonyl (C=O) groups is 1. The van der Waals surface area contributed by atoms with E-state index in [1.807, 2.05) is 19.4 Å². The molecule has 4 aromatic rings. The van der Waals surface area contributed by atoms with Crippen LogP contribution in [0.15, 0.2) is 67.0 Å². The van der Waals surface area contributed by atoms with Crippen molar-refractivity contribution in [3.05, 3.63) is 72.6 Å². The summed E-state index contributed by atoms with van der Waals surface area (Å²) in [4.78, 5) is 16.5. The van der Waals surface area contributed by atoms with Crippen LogP contribution in [0.5, 0.6) is 0 Å². The van der Waals surface area contributed by atoms with Gasteiger partial charge in [0.05, 0.1) is 13.2 Å². The number of carbonyl (C=O) groups excluding carboxylic acids is 1. The van der Waals surface area contributed by atoms with Gasteiger partial charge < -0.3 is 14.5 Å². The van der Waals surface area contributed by atoms with E-state index in [0.29, 0.717) is 19.4 Å². The lowest BCUT2D eigenvalue weighted by Gasteiger charge is -2.18. The molecule has 0 unspecified atom stereocenters. The summed E-state index contributed by atoms with van der Waals surface area (Å²) in [6.07, 6.45) is 5.14. The van der Waals surface area contributed by atoms with Gasteiger partial charge in [-0.25, -0.2) is 0 Å². The summed E-state index contributed by atoms with van der Waals surface area (Å²) in [5.41, 5.74) is 1.21. The maximum absolute atomic E-state index is 12.3. The highest BCUT2D eigenvalue weighted by Gasteiger charge is 2.13. The molecule has 4 heteroatoms. The van der Waals surface area contributed by atoms with Crippen molar-refractivity contribution < 1.29 is 9.53 Å². The molecule has 0 saturated heterocycles. The number of benzene rings is 4. The molecule has 5 rings (SSSR count). The van der Waals surface area contributed by atoms with E-state index in [1.165, 1.54) is 37.9 Å². The Morgan fingerprint density at radius 3 is 2.52 bits per heavy atom. The predicted molar refractivity (Wildman–Crippen MR) is 118 cm³/mol. The van der Waals surface area contributed by atoms with Crippen molar-refractivity contribution in [1.29, 1.82) is 0 Å². The lowest BCUT2D eigenvalue weighted by molar-refractivity contribution is -0.143. The van der Waals surface area contributed by atoms with Gasteiger partial charge in [-0.1, -0.05) is 54.6 Å². The molecule has 146 valence electrons. The van der Waals surface area contributed by atoms with Crippen LogP contribution in [0, 0.1) is 0 Å². The van der Waals surface area contributed by atoms with Crippen molar-refractivity contribution in [2.24, 2.45) is 0 Å². The van der Waals surface area contributed by atoms with Gasteiger partial charge in [-0.15, -0.1) is 0 Å². The van der Waals surface area contributed by atoms with E-state index in [9.17, 15) is 4.79 Å². The van der Waals surface area contributed by atoms with Crippen molar-refractivity contribution in [3.63, 3.8) is 0 Å². The summed E-state index contributed by atoms with van der Waals surface area (Å²) < 4.78 is 5.47. The second kappa shape index (κ2) is 7.28. The molecule has 4 aromatic carbocycles. The molecule has 0 aromatic heterocycles. The van der Waals surface area contributed by atoms with Crippen molar-refractivity contribution in [2.75, 3.05) is 26.9 Å². The minimum Gasteiger partial charge on any atom is -0.464 e. The zero-order chi connectivity index (χ0) is 19.8. The van der Waals surface area contributed by atoms with E-state index in [4.69, 9.17) is 4.74 Å². The first-order valence-electron chi connectivity index (χ1n) is 10.1. The van der Waals surface area contributed by atoms with Crippen LogP contribution in [0.2, 0.25) is 0 Å². The Labute approximate surface area is 170 Å². The van der Waals surface area contributed by atoms with Gasteiger partial charge in [-0.2, -0.15) is 0 Å². The van der Waals surface area contributed by atoms with E-state index in [0.717, 1.165) is 13.2 Å². The molecule has 1 aliphatic rings. The topological polar surface area (TPSA) is 32.8 Å². The van der Waals surface area contributed by atoms with Crippen LogP contribution >= 0.6 is 0 Å². The van der Waals surface area contributed by atoms with Crippen LogP contribution in [0.4, 0.5) is 0 Å². The largest absolute Gasteiger partial charge is 0.464 e. The summed E-state index contributed by atoms with van der Waals surface area (Å²) in [5, 5.41) is 7.61. The first-order valence-corrected chi connectivity index (χ1v) is 10.1. The average molecular weight is 384 g/mol. The van der Waals surface area contributed by atoms with E-state index < -0.39 is 0 Å². The first-order chi connectivity index (χ1) is 14.2. The van der Waals surface area contributed by atoms with Gasteiger partial charge in [-0.3, -0.25) is 4.79 Å². The Bertz CT molecular complexity index is 1210. The molecule has 0 radical (unpaired) electrons. The maximum Gasteiger partial charge on any atom is 0.306 e. The molecule has 0 aliphatic carbocycles. The lowest BCUT2D eigenvalue weighted by Crippen LogP contribution is -2.26. The third-order valence-corrected chi connectivity index (χ3v) is 5.77. The van der Waals surface area contributed by atoms with E-state index in [-0.39, 0.29) is 5.97 Å². The van der Waals surface area contributed by atoms with Gasteiger partial charge >= 0.3 is 5.97 Å². The third-order valence-electron chi connectivity index (χ3n) is 5.77. The normalized spacial score (nSPS) is 14.0. The molecular formula is C25H24N2O2. The van der Waals surface area contributed by atoms with Crippen molar-refractivity contribution >= 4 is 38.3 Å². The summed E-state index contributed by atoms with van der Waals surface area (Å²) in [7, 11) is 2.03. The van der Waals surface area contributed by atoms with Gasteiger partial charge in [0, 0.05) is 25.9 Å². The smallest absolute Gasteiger partial charge is 0.306 e. The van der Waals surface area contributed by atoms with Crippen molar-refractivity contribution in [3.8, 4) is 0 Å². The Hall–Kier alpha value is -3.27. The molecule has 0 spiro atoms. The van der Waals surface area contributed by atoms with E-state index in [1.54, 1.807) is 0 Å². The summed E-state index contributed by atoms with van der Waals surface area (Å²) in [5.74, 6) is -0.133. The van der Waals surface area contributed by atoms with Crippen molar-refractivity contribution in [2.45, 2.75) is 12.8 Å². The fraction of sp³-hybridized carbons (Fsp3) is 0.240. The Kier molecular flexibility index (Phi) is 4.47. The molecule has 4 nitrogen and oxygen atoms in total. The fourth-order valence-electron chi connectivity index (χ4n) is 4.36. The first kappa shape index (κ1) is 17.8. The lowest BCUT2D eigenvalue weighted by atomic mass is 9.90. The zero-order valence-electron chi connectivity index (χ0n) is 16.6.